The minimum atomic E-state index is -0.587. The molecule has 0 atom stereocenters. The van der Waals surface area contributed by atoms with Crippen molar-refractivity contribution in [3.8, 4) is 0 Å². The first kappa shape index (κ1) is 11.0. The van der Waals surface area contributed by atoms with E-state index in [1.807, 2.05) is 13.8 Å². The second kappa shape index (κ2) is 4.40. The molecule has 1 saturated carbocycles. The summed E-state index contributed by atoms with van der Waals surface area (Å²) in [6, 6.07) is 0.696. The van der Waals surface area contributed by atoms with E-state index in [4.69, 9.17) is 4.74 Å². The number of hydrogen-bond acceptors (Lipinski definition) is 3. The average molecular weight is 187 g/mol. The van der Waals surface area contributed by atoms with E-state index >= 15 is 0 Å². The van der Waals surface area contributed by atoms with E-state index in [0.717, 1.165) is 19.7 Å². The standard InChI is InChI=1S/C10H21NO2/c1-10(2,12)8-11(6-7-13-3)9-4-5-9/h9,12H,4-8H2,1-3H3. The van der Waals surface area contributed by atoms with Crippen molar-refractivity contribution in [1.29, 1.82) is 0 Å². The van der Waals surface area contributed by atoms with Gasteiger partial charge in [0.15, 0.2) is 0 Å². The maximum absolute atomic E-state index is 9.68. The molecule has 3 nitrogen and oxygen atoms in total. The van der Waals surface area contributed by atoms with Crippen LogP contribution in [0, 0.1) is 0 Å². The van der Waals surface area contributed by atoms with Gasteiger partial charge in [-0.1, -0.05) is 0 Å². The second-order valence-electron chi connectivity index (χ2n) is 4.51. The normalized spacial score (nSPS) is 18.2. The summed E-state index contributed by atoms with van der Waals surface area (Å²) in [7, 11) is 1.72. The molecule has 1 fully saturated rings. The lowest BCUT2D eigenvalue weighted by Crippen LogP contribution is -2.41. The highest BCUT2D eigenvalue weighted by Gasteiger charge is 2.31. The summed E-state index contributed by atoms with van der Waals surface area (Å²) < 4.78 is 5.04. The summed E-state index contributed by atoms with van der Waals surface area (Å²) in [5.74, 6) is 0. The summed E-state index contributed by atoms with van der Waals surface area (Å²) in [5.41, 5.74) is -0.587. The Balaban J connectivity index is 2.29. The average Bonchev–Trinajstić information content (AvgIpc) is 2.77. The molecule has 1 aliphatic rings. The van der Waals surface area contributed by atoms with Gasteiger partial charge in [0.05, 0.1) is 12.2 Å². The largest absolute Gasteiger partial charge is 0.389 e. The zero-order chi connectivity index (χ0) is 9.90. The zero-order valence-corrected chi connectivity index (χ0v) is 8.92. The zero-order valence-electron chi connectivity index (χ0n) is 8.92. The lowest BCUT2D eigenvalue weighted by atomic mass is 10.1. The first-order chi connectivity index (χ1) is 6.03. The van der Waals surface area contributed by atoms with Crippen LogP contribution in [0.2, 0.25) is 0 Å². The van der Waals surface area contributed by atoms with E-state index in [1.165, 1.54) is 12.8 Å². The fourth-order valence-corrected chi connectivity index (χ4v) is 1.54. The first-order valence-corrected chi connectivity index (χ1v) is 4.98. The van der Waals surface area contributed by atoms with Crippen LogP contribution in [0.25, 0.3) is 0 Å². The summed E-state index contributed by atoms with van der Waals surface area (Å²) in [4.78, 5) is 2.32. The predicted octanol–water partition coefficient (Wildman–Crippen LogP) is 0.868. The van der Waals surface area contributed by atoms with Gasteiger partial charge in [-0.15, -0.1) is 0 Å². The van der Waals surface area contributed by atoms with E-state index in [0.29, 0.717) is 6.04 Å². The molecule has 0 aromatic rings. The maximum atomic E-state index is 9.68. The highest BCUT2D eigenvalue weighted by Crippen LogP contribution is 2.27. The molecule has 0 bridgehead atoms. The molecule has 0 aliphatic heterocycles. The molecule has 0 radical (unpaired) electrons. The smallest absolute Gasteiger partial charge is 0.0718 e. The Morgan fingerprint density at radius 1 is 1.46 bits per heavy atom. The van der Waals surface area contributed by atoms with Crippen LogP contribution in [0.5, 0.6) is 0 Å². The molecule has 0 saturated heterocycles. The van der Waals surface area contributed by atoms with Gasteiger partial charge in [0.1, 0.15) is 0 Å². The molecule has 1 N–H and O–H groups in total. The van der Waals surface area contributed by atoms with Gasteiger partial charge in [0.2, 0.25) is 0 Å². The van der Waals surface area contributed by atoms with Crippen LogP contribution in [0.15, 0.2) is 0 Å². The van der Waals surface area contributed by atoms with E-state index in [-0.39, 0.29) is 0 Å². The Kier molecular flexibility index (Phi) is 3.71. The van der Waals surface area contributed by atoms with E-state index < -0.39 is 5.60 Å². The monoisotopic (exact) mass is 187 g/mol. The third kappa shape index (κ3) is 4.60. The highest BCUT2D eigenvalue weighted by molar-refractivity contribution is 4.87. The van der Waals surface area contributed by atoms with E-state index in [1.54, 1.807) is 7.11 Å². The Morgan fingerprint density at radius 3 is 2.46 bits per heavy atom. The molecule has 0 aromatic carbocycles. The van der Waals surface area contributed by atoms with E-state index in [9.17, 15) is 5.11 Å². The van der Waals surface area contributed by atoms with Crippen molar-refractivity contribution >= 4 is 0 Å². The Morgan fingerprint density at radius 2 is 2.08 bits per heavy atom. The van der Waals surface area contributed by atoms with Crippen LogP contribution in [0.3, 0.4) is 0 Å². The summed E-state index contributed by atoms with van der Waals surface area (Å²) >= 11 is 0. The summed E-state index contributed by atoms with van der Waals surface area (Å²) in [5, 5.41) is 9.68. The predicted molar refractivity (Wildman–Crippen MR) is 52.8 cm³/mol. The van der Waals surface area contributed by atoms with Crippen molar-refractivity contribution in [2.75, 3.05) is 26.8 Å². The molecule has 1 aliphatic carbocycles. The molecule has 0 heterocycles. The maximum Gasteiger partial charge on any atom is 0.0718 e. The second-order valence-corrected chi connectivity index (χ2v) is 4.51. The minimum Gasteiger partial charge on any atom is -0.389 e. The number of nitrogens with zero attached hydrogens (tertiary/aromatic N) is 1. The molecule has 1 rings (SSSR count). The quantitative estimate of drug-likeness (QED) is 0.669. The SMILES string of the molecule is COCCN(CC(C)(C)O)C1CC1. The molecular weight excluding hydrogens is 166 g/mol. The number of ether oxygens (including phenoxy) is 1. The van der Waals surface area contributed by atoms with Gasteiger partial charge in [0.25, 0.3) is 0 Å². The third-order valence-corrected chi connectivity index (χ3v) is 2.24. The van der Waals surface area contributed by atoms with Crippen LogP contribution < -0.4 is 0 Å². The van der Waals surface area contributed by atoms with Gasteiger partial charge >= 0.3 is 0 Å². The van der Waals surface area contributed by atoms with Crippen molar-refractivity contribution < 1.29 is 9.84 Å². The molecule has 0 aromatic heterocycles. The number of methoxy groups -OCH3 is 1. The van der Waals surface area contributed by atoms with Crippen LogP contribution in [-0.4, -0.2) is 48.5 Å². The molecule has 13 heavy (non-hydrogen) atoms. The molecular formula is C10H21NO2. The topological polar surface area (TPSA) is 32.7 Å². The lowest BCUT2D eigenvalue weighted by Gasteiger charge is -2.28. The van der Waals surface area contributed by atoms with Crippen LogP contribution in [0.4, 0.5) is 0 Å². The van der Waals surface area contributed by atoms with Gasteiger partial charge < -0.3 is 9.84 Å². The van der Waals surface area contributed by atoms with Crippen LogP contribution in [-0.2, 0) is 4.74 Å². The van der Waals surface area contributed by atoms with Crippen molar-refractivity contribution in [2.24, 2.45) is 0 Å². The fourth-order valence-electron chi connectivity index (χ4n) is 1.54. The van der Waals surface area contributed by atoms with Crippen LogP contribution >= 0.6 is 0 Å². The van der Waals surface area contributed by atoms with Crippen LogP contribution in [0.1, 0.15) is 26.7 Å². The van der Waals surface area contributed by atoms with Crippen molar-refractivity contribution in [1.82, 2.24) is 4.90 Å². The lowest BCUT2D eigenvalue weighted by molar-refractivity contribution is 0.0245. The first-order valence-electron chi connectivity index (χ1n) is 4.98. The fraction of sp³-hybridized carbons (Fsp3) is 1.00. The summed E-state index contributed by atoms with van der Waals surface area (Å²) in [6.07, 6.45) is 2.56. The van der Waals surface area contributed by atoms with Gasteiger partial charge in [0, 0.05) is 26.2 Å². The molecule has 0 spiro atoms. The van der Waals surface area contributed by atoms with Gasteiger partial charge in [-0.2, -0.15) is 0 Å². The summed E-state index contributed by atoms with van der Waals surface area (Å²) in [6.45, 7) is 6.16. The Labute approximate surface area is 80.7 Å². The van der Waals surface area contributed by atoms with E-state index in [2.05, 4.69) is 4.90 Å². The molecule has 0 unspecified atom stereocenters. The molecule has 78 valence electrons. The highest BCUT2D eigenvalue weighted by atomic mass is 16.5. The minimum absolute atomic E-state index is 0.587. The number of aliphatic hydroxyl groups is 1. The Hall–Kier alpha value is -0.120. The number of hydrogen-bond donors (Lipinski definition) is 1. The Bertz CT molecular complexity index is 149. The van der Waals surface area contributed by atoms with Gasteiger partial charge in [-0.25, -0.2) is 0 Å². The van der Waals surface area contributed by atoms with Crippen molar-refractivity contribution in [2.45, 2.75) is 38.3 Å². The van der Waals surface area contributed by atoms with Crippen molar-refractivity contribution in [3.63, 3.8) is 0 Å². The molecule has 0 amide bonds. The van der Waals surface area contributed by atoms with Crippen molar-refractivity contribution in [3.05, 3.63) is 0 Å². The third-order valence-electron chi connectivity index (χ3n) is 2.24. The number of rotatable bonds is 6. The van der Waals surface area contributed by atoms with Gasteiger partial charge in [-0.05, 0) is 26.7 Å². The molecule has 3 heteroatoms. The van der Waals surface area contributed by atoms with Gasteiger partial charge in [-0.3, -0.25) is 4.90 Å².